The molecule has 2 aromatic rings. The SMILES string of the molecule is COc1ccc(OC(C)C(=O)Nc2cc(Cl)ccc2C)cc1. The Morgan fingerprint density at radius 3 is 2.41 bits per heavy atom. The maximum atomic E-state index is 12.2. The molecule has 0 fully saturated rings. The molecule has 1 amide bonds. The highest BCUT2D eigenvalue weighted by atomic mass is 35.5. The van der Waals surface area contributed by atoms with E-state index in [0.29, 0.717) is 16.5 Å². The number of methoxy groups -OCH3 is 1. The third-order valence-electron chi connectivity index (χ3n) is 3.20. The highest BCUT2D eigenvalue weighted by Gasteiger charge is 2.16. The van der Waals surface area contributed by atoms with E-state index in [4.69, 9.17) is 21.1 Å². The molecule has 0 aliphatic carbocycles. The summed E-state index contributed by atoms with van der Waals surface area (Å²) in [5.41, 5.74) is 1.62. The Balaban J connectivity index is 2.00. The second-order valence-electron chi connectivity index (χ2n) is 4.88. The van der Waals surface area contributed by atoms with E-state index in [9.17, 15) is 4.79 Å². The van der Waals surface area contributed by atoms with E-state index in [2.05, 4.69) is 5.32 Å². The van der Waals surface area contributed by atoms with Crippen molar-refractivity contribution in [3.05, 3.63) is 53.1 Å². The third-order valence-corrected chi connectivity index (χ3v) is 3.43. The first-order valence-corrected chi connectivity index (χ1v) is 7.25. The second-order valence-corrected chi connectivity index (χ2v) is 5.32. The lowest BCUT2D eigenvalue weighted by atomic mass is 10.2. The minimum absolute atomic E-state index is 0.235. The first kappa shape index (κ1) is 16.2. The fourth-order valence-electron chi connectivity index (χ4n) is 1.88. The predicted molar refractivity (Wildman–Crippen MR) is 87.9 cm³/mol. The van der Waals surface area contributed by atoms with Crippen LogP contribution in [-0.4, -0.2) is 19.1 Å². The Morgan fingerprint density at radius 1 is 1.14 bits per heavy atom. The topological polar surface area (TPSA) is 47.6 Å². The molecule has 2 rings (SSSR count). The Morgan fingerprint density at radius 2 is 1.77 bits per heavy atom. The van der Waals surface area contributed by atoms with Crippen LogP contribution in [0.25, 0.3) is 0 Å². The van der Waals surface area contributed by atoms with Crippen LogP contribution < -0.4 is 14.8 Å². The van der Waals surface area contributed by atoms with Gasteiger partial charge in [-0.15, -0.1) is 0 Å². The van der Waals surface area contributed by atoms with E-state index < -0.39 is 6.10 Å². The van der Waals surface area contributed by atoms with E-state index >= 15 is 0 Å². The molecule has 5 heteroatoms. The summed E-state index contributed by atoms with van der Waals surface area (Å²) in [5.74, 6) is 1.10. The Bertz CT molecular complexity index is 655. The number of hydrogen-bond donors (Lipinski definition) is 1. The van der Waals surface area contributed by atoms with Gasteiger partial charge in [0, 0.05) is 10.7 Å². The Kier molecular flexibility index (Phi) is 5.28. The van der Waals surface area contributed by atoms with E-state index in [1.807, 2.05) is 13.0 Å². The third kappa shape index (κ3) is 4.15. The molecule has 1 unspecified atom stereocenters. The zero-order valence-corrected chi connectivity index (χ0v) is 13.5. The van der Waals surface area contributed by atoms with Crippen molar-refractivity contribution in [1.82, 2.24) is 0 Å². The number of rotatable bonds is 5. The molecule has 2 aromatic carbocycles. The monoisotopic (exact) mass is 319 g/mol. The van der Waals surface area contributed by atoms with Crippen LogP contribution in [0.5, 0.6) is 11.5 Å². The number of aryl methyl sites for hydroxylation is 1. The number of hydrogen-bond acceptors (Lipinski definition) is 3. The van der Waals surface area contributed by atoms with Crippen LogP contribution >= 0.6 is 11.6 Å². The Hall–Kier alpha value is -2.20. The van der Waals surface area contributed by atoms with Crippen LogP contribution in [0.15, 0.2) is 42.5 Å². The second kappa shape index (κ2) is 7.18. The van der Waals surface area contributed by atoms with Crippen molar-refractivity contribution >= 4 is 23.2 Å². The van der Waals surface area contributed by atoms with Gasteiger partial charge in [-0.2, -0.15) is 0 Å². The number of anilines is 1. The van der Waals surface area contributed by atoms with Gasteiger partial charge in [0.15, 0.2) is 6.10 Å². The molecule has 0 aromatic heterocycles. The summed E-state index contributed by atoms with van der Waals surface area (Å²) in [6, 6.07) is 12.4. The molecule has 22 heavy (non-hydrogen) atoms. The van der Waals surface area contributed by atoms with E-state index in [1.165, 1.54) is 0 Å². The molecule has 1 atom stereocenters. The summed E-state index contributed by atoms with van der Waals surface area (Å²) in [7, 11) is 1.60. The normalized spacial score (nSPS) is 11.6. The van der Waals surface area contributed by atoms with Crippen molar-refractivity contribution in [3.63, 3.8) is 0 Å². The van der Waals surface area contributed by atoms with Gasteiger partial charge < -0.3 is 14.8 Å². The number of halogens is 1. The van der Waals surface area contributed by atoms with E-state index in [-0.39, 0.29) is 5.91 Å². The van der Waals surface area contributed by atoms with Crippen molar-refractivity contribution in [2.24, 2.45) is 0 Å². The van der Waals surface area contributed by atoms with Gasteiger partial charge in [0.25, 0.3) is 5.91 Å². The Labute approximate surface area is 135 Å². The molecule has 0 saturated carbocycles. The van der Waals surface area contributed by atoms with Crippen LogP contribution in [0.3, 0.4) is 0 Å². The summed E-state index contributed by atoms with van der Waals surface area (Å²) in [5, 5.41) is 3.39. The fraction of sp³-hybridized carbons (Fsp3) is 0.235. The van der Waals surface area contributed by atoms with E-state index in [0.717, 1.165) is 11.3 Å². The largest absolute Gasteiger partial charge is 0.497 e. The molecular weight excluding hydrogens is 302 g/mol. The molecule has 1 N–H and O–H groups in total. The van der Waals surface area contributed by atoms with Crippen LogP contribution in [0.2, 0.25) is 5.02 Å². The summed E-state index contributed by atoms with van der Waals surface area (Å²) in [4.78, 5) is 12.2. The molecule has 0 spiro atoms. The van der Waals surface area contributed by atoms with Crippen molar-refractivity contribution in [2.75, 3.05) is 12.4 Å². The number of benzene rings is 2. The van der Waals surface area contributed by atoms with Crippen molar-refractivity contribution in [2.45, 2.75) is 20.0 Å². The first-order chi connectivity index (χ1) is 10.5. The molecule has 116 valence electrons. The molecule has 0 aliphatic heterocycles. The summed E-state index contributed by atoms with van der Waals surface area (Å²) in [6.07, 6.45) is -0.633. The van der Waals surface area contributed by atoms with Gasteiger partial charge >= 0.3 is 0 Å². The summed E-state index contributed by atoms with van der Waals surface area (Å²) >= 11 is 5.94. The summed E-state index contributed by atoms with van der Waals surface area (Å²) in [6.45, 7) is 3.60. The van der Waals surface area contributed by atoms with Gasteiger partial charge in [-0.05, 0) is 55.8 Å². The number of nitrogens with one attached hydrogen (secondary N) is 1. The van der Waals surface area contributed by atoms with Crippen LogP contribution in [0.4, 0.5) is 5.69 Å². The van der Waals surface area contributed by atoms with Gasteiger partial charge in [-0.3, -0.25) is 4.79 Å². The zero-order chi connectivity index (χ0) is 16.1. The van der Waals surface area contributed by atoms with Crippen LogP contribution in [0, 0.1) is 6.92 Å². The average Bonchev–Trinajstić information content (AvgIpc) is 2.51. The van der Waals surface area contributed by atoms with Gasteiger partial charge in [-0.1, -0.05) is 17.7 Å². The molecule has 0 saturated heterocycles. The molecule has 0 radical (unpaired) electrons. The lowest BCUT2D eigenvalue weighted by Crippen LogP contribution is -2.30. The number of carbonyl (C=O) groups is 1. The standard InChI is InChI=1S/C17H18ClNO3/c1-11-4-5-13(18)10-16(11)19-17(20)12(2)22-15-8-6-14(21-3)7-9-15/h4-10,12H,1-3H3,(H,19,20). The lowest BCUT2D eigenvalue weighted by Gasteiger charge is -2.16. The molecule has 0 aliphatic rings. The zero-order valence-electron chi connectivity index (χ0n) is 12.7. The minimum Gasteiger partial charge on any atom is -0.497 e. The van der Waals surface area contributed by atoms with Gasteiger partial charge in [0.1, 0.15) is 11.5 Å². The van der Waals surface area contributed by atoms with Crippen molar-refractivity contribution in [1.29, 1.82) is 0 Å². The van der Waals surface area contributed by atoms with Crippen molar-refractivity contribution < 1.29 is 14.3 Å². The van der Waals surface area contributed by atoms with Gasteiger partial charge in [0.2, 0.25) is 0 Å². The van der Waals surface area contributed by atoms with Gasteiger partial charge in [0.05, 0.1) is 7.11 Å². The molecule has 0 heterocycles. The first-order valence-electron chi connectivity index (χ1n) is 6.87. The number of amides is 1. The average molecular weight is 320 g/mol. The smallest absolute Gasteiger partial charge is 0.265 e. The van der Waals surface area contributed by atoms with Crippen molar-refractivity contribution in [3.8, 4) is 11.5 Å². The molecule has 4 nitrogen and oxygen atoms in total. The van der Waals surface area contributed by atoms with Crippen LogP contribution in [-0.2, 0) is 4.79 Å². The quantitative estimate of drug-likeness (QED) is 0.904. The number of ether oxygens (including phenoxy) is 2. The highest BCUT2D eigenvalue weighted by molar-refractivity contribution is 6.31. The molecule has 0 bridgehead atoms. The fourth-order valence-corrected chi connectivity index (χ4v) is 2.05. The highest BCUT2D eigenvalue weighted by Crippen LogP contribution is 2.21. The van der Waals surface area contributed by atoms with E-state index in [1.54, 1.807) is 50.4 Å². The maximum absolute atomic E-state index is 12.2. The van der Waals surface area contributed by atoms with Gasteiger partial charge in [-0.25, -0.2) is 0 Å². The lowest BCUT2D eigenvalue weighted by molar-refractivity contribution is -0.122. The minimum atomic E-state index is -0.633. The predicted octanol–water partition coefficient (Wildman–Crippen LogP) is 4.06. The summed E-state index contributed by atoms with van der Waals surface area (Å²) < 4.78 is 10.7. The maximum Gasteiger partial charge on any atom is 0.265 e. The number of carbonyl (C=O) groups excluding carboxylic acids is 1. The molecular formula is C17H18ClNO3. The van der Waals surface area contributed by atoms with Crippen LogP contribution in [0.1, 0.15) is 12.5 Å².